The Morgan fingerprint density at radius 1 is 0.412 bits per heavy atom. The molecule has 246 valence electrons. The van der Waals surface area contributed by atoms with Crippen molar-refractivity contribution >= 4 is 17.1 Å². The van der Waals surface area contributed by atoms with Crippen molar-refractivity contribution < 1.29 is 0 Å². The summed E-state index contributed by atoms with van der Waals surface area (Å²) >= 11 is 0. The van der Waals surface area contributed by atoms with Crippen LogP contribution in [0.25, 0.3) is 44.5 Å². The maximum Gasteiger partial charge on any atom is 0.0473 e. The molecule has 1 heteroatoms. The maximum atomic E-state index is 2.39. The third-order valence-corrected chi connectivity index (χ3v) is 10.1. The summed E-state index contributed by atoms with van der Waals surface area (Å²) in [6.45, 7) is 4.52. The minimum atomic E-state index is 0.434. The van der Waals surface area contributed by atoms with E-state index in [0.717, 1.165) is 23.5 Å². The predicted octanol–water partition coefficient (Wildman–Crippen LogP) is 14.1. The molecule has 7 aromatic carbocycles. The van der Waals surface area contributed by atoms with Crippen molar-refractivity contribution in [3.05, 3.63) is 211 Å². The highest BCUT2D eigenvalue weighted by molar-refractivity contribution is 5.86. The van der Waals surface area contributed by atoms with E-state index < -0.39 is 0 Å². The SMILES string of the molecule is CC1=CC=CCC1c1ccc(-c2cc(-c3ccccc3)cc(N(c3ccc(-c4ccccc4)cc3)c3ccc(-c4ccccc4)cc3)c2)cc1C. The minimum Gasteiger partial charge on any atom is -0.310 e. The van der Waals surface area contributed by atoms with Gasteiger partial charge in [0.05, 0.1) is 0 Å². The van der Waals surface area contributed by atoms with Crippen LogP contribution >= 0.6 is 0 Å². The van der Waals surface area contributed by atoms with Gasteiger partial charge in [-0.2, -0.15) is 0 Å². The van der Waals surface area contributed by atoms with Gasteiger partial charge in [-0.25, -0.2) is 0 Å². The number of hydrogen-bond acceptors (Lipinski definition) is 1. The Labute approximate surface area is 302 Å². The van der Waals surface area contributed by atoms with E-state index in [2.05, 4.69) is 213 Å². The van der Waals surface area contributed by atoms with Crippen molar-refractivity contribution in [3.8, 4) is 44.5 Å². The first-order valence-corrected chi connectivity index (χ1v) is 17.9. The second-order valence-corrected chi connectivity index (χ2v) is 13.5. The highest BCUT2D eigenvalue weighted by Gasteiger charge is 2.19. The van der Waals surface area contributed by atoms with Crippen molar-refractivity contribution in [3.63, 3.8) is 0 Å². The molecule has 0 fully saturated rings. The molecule has 0 amide bonds. The van der Waals surface area contributed by atoms with Crippen molar-refractivity contribution in [1.82, 2.24) is 0 Å². The zero-order chi connectivity index (χ0) is 34.6. The summed E-state index contributed by atoms with van der Waals surface area (Å²) < 4.78 is 0. The molecule has 0 saturated heterocycles. The van der Waals surface area contributed by atoms with Crippen molar-refractivity contribution in [2.45, 2.75) is 26.2 Å². The van der Waals surface area contributed by atoms with Gasteiger partial charge >= 0.3 is 0 Å². The molecule has 1 aliphatic carbocycles. The number of anilines is 3. The highest BCUT2D eigenvalue weighted by Crippen LogP contribution is 2.42. The number of hydrogen-bond donors (Lipinski definition) is 0. The second kappa shape index (κ2) is 14.4. The molecular formula is C50H41N. The molecule has 1 unspecified atom stereocenters. The summed E-state index contributed by atoms with van der Waals surface area (Å²) in [6, 6.07) is 63.9. The predicted molar refractivity (Wildman–Crippen MR) is 218 cm³/mol. The van der Waals surface area contributed by atoms with Gasteiger partial charge in [0.25, 0.3) is 0 Å². The smallest absolute Gasteiger partial charge is 0.0473 e. The van der Waals surface area contributed by atoms with Crippen LogP contribution in [0.1, 0.15) is 30.4 Å². The van der Waals surface area contributed by atoms with E-state index in [1.54, 1.807) is 0 Å². The van der Waals surface area contributed by atoms with E-state index in [9.17, 15) is 0 Å². The monoisotopic (exact) mass is 655 g/mol. The Balaban J connectivity index is 1.27. The summed E-state index contributed by atoms with van der Waals surface area (Å²) in [5.74, 6) is 0.434. The van der Waals surface area contributed by atoms with Gasteiger partial charge in [-0.15, -0.1) is 0 Å². The summed E-state index contributed by atoms with van der Waals surface area (Å²) in [6.07, 6.45) is 7.78. The maximum absolute atomic E-state index is 2.39. The molecule has 0 spiro atoms. The third-order valence-electron chi connectivity index (χ3n) is 10.1. The fourth-order valence-corrected chi connectivity index (χ4v) is 7.37. The first-order chi connectivity index (χ1) is 25.1. The van der Waals surface area contributed by atoms with Crippen LogP contribution in [-0.2, 0) is 0 Å². The largest absolute Gasteiger partial charge is 0.310 e. The third kappa shape index (κ3) is 6.84. The topological polar surface area (TPSA) is 3.24 Å². The average Bonchev–Trinajstić information content (AvgIpc) is 3.20. The van der Waals surface area contributed by atoms with Crippen LogP contribution < -0.4 is 4.90 Å². The van der Waals surface area contributed by atoms with Crippen molar-refractivity contribution in [2.24, 2.45) is 0 Å². The summed E-state index contributed by atoms with van der Waals surface area (Å²) in [7, 11) is 0. The quantitative estimate of drug-likeness (QED) is 0.157. The Kier molecular flexibility index (Phi) is 9.02. The van der Waals surface area contributed by atoms with Crippen molar-refractivity contribution in [1.29, 1.82) is 0 Å². The van der Waals surface area contributed by atoms with Crippen molar-refractivity contribution in [2.75, 3.05) is 4.90 Å². The molecule has 0 saturated carbocycles. The molecule has 0 radical (unpaired) electrons. The molecule has 0 bridgehead atoms. The standard InChI is InChI=1S/C50H41N/c1-36-14-12-13-21-49(36)50-31-26-43(32-37(50)2)45-33-44(40-19-10-5-11-20-40)34-48(35-45)51(46-27-22-41(23-28-46)38-15-6-3-7-16-38)47-29-24-42(25-30-47)39-17-8-4-9-18-39/h3-20,22-35,49H,21H2,1-2H3. The van der Waals surface area contributed by atoms with Gasteiger partial charge in [0.15, 0.2) is 0 Å². The van der Waals surface area contributed by atoms with Gasteiger partial charge < -0.3 is 4.90 Å². The lowest BCUT2D eigenvalue weighted by atomic mass is 9.83. The van der Waals surface area contributed by atoms with Crippen LogP contribution in [-0.4, -0.2) is 0 Å². The summed E-state index contributed by atoms with van der Waals surface area (Å²) in [5, 5.41) is 0. The number of aryl methyl sites for hydroxylation is 1. The normalized spacial score (nSPS) is 13.8. The highest BCUT2D eigenvalue weighted by atomic mass is 15.1. The van der Waals surface area contributed by atoms with Crippen LogP contribution in [0.2, 0.25) is 0 Å². The molecule has 7 aromatic rings. The fourth-order valence-electron chi connectivity index (χ4n) is 7.37. The van der Waals surface area contributed by atoms with E-state index in [-0.39, 0.29) is 0 Å². The van der Waals surface area contributed by atoms with Gasteiger partial charge in [-0.3, -0.25) is 0 Å². The van der Waals surface area contributed by atoms with E-state index in [1.165, 1.54) is 61.2 Å². The van der Waals surface area contributed by atoms with Crippen LogP contribution in [0, 0.1) is 6.92 Å². The lowest BCUT2D eigenvalue weighted by Crippen LogP contribution is -2.10. The molecule has 8 rings (SSSR count). The van der Waals surface area contributed by atoms with Gasteiger partial charge in [0.2, 0.25) is 0 Å². The number of nitrogens with zero attached hydrogens (tertiary/aromatic N) is 1. The second-order valence-electron chi connectivity index (χ2n) is 13.5. The van der Waals surface area contributed by atoms with Crippen LogP contribution in [0.4, 0.5) is 17.1 Å². The molecule has 0 aliphatic heterocycles. The van der Waals surface area contributed by atoms with Gasteiger partial charge in [0, 0.05) is 23.0 Å². The zero-order valence-corrected chi connectivity index (χ0v) is 29.2. The molecule has 51 heavy (non-hydrogen) atoms. The van der Waals surface area contributed by atoms with E-state index >= 15 is 0 Å². The van der Waals surface area contributed by atoms with Crippen LogP contribution in [0.3, 0.4) is 0 Å². The first kappa shape index (κ1) is 32.0. The molecule has 1 nitrogen and oxygen atoms in total. The van der Waals surface area contributed by atoms with Gasteiger partial charge in [-0.1, -0.05) is 157 Å². The molecule has 0 N–H and O–H groups in total. The van der Waals surface area contributed by atoms with E-state index in [1.807, 2.05) is 0 Å². The van der Waals surface area contributed by atoms with Crippen LogP contribution in [0.5, 0.6) is 0 Å². The molecule has 0 aromatic heterocycles. The lowest BCUT2D eigenvalue weighted by molar-refractivity contribution is 0.791. The molecule has 0 heterocycles. The van der Waals surface area contributed by atoms with Gasteiger partial charge in [0.1, 0.15) is 0 Å². The lowest BCUT2D eigenvalue weighted by Gasteiger charge is -2.27. The molecule has 1 aliphatic rings. The number of benzene rings is 7. The summed E-state index contributed by atoms with van der Waals surface area (Å²) in [4.78, 5) is 2.39. The van der Waals surface area contributed by atoms with E-state index in [0.29, 0.717) is 5.92 Å². The van der Waals surface area contributed by atoms with E-state index in [4.69, 9.17) is 0 Å². The Morgan fingerprint density at radius 2 is 0.863 bits per heavy atom. The fraction of sp³-hybridized carbons (Fsp3) is 0.0800. The number of rotatable bonds is 8. The van der Waals surface area contributed by atoms with Gasteiger partial charge in [-0.05, 0) is 118 Å². The number of allylic oxidation sites excluding steroid dienone is 4. The summed E-state index contributed by atoms with van der Waals surface area (Å²) in [5.41, 5.74) is 17.1. The van der Waals surface area contributed by atoms with Crippen LogP contribution in [0.15, 0.2) is 200 Å². The average molecular weight is 656 g/mol. The Morgan fingerprint density at radius 3 is 1.35 bits per heavy atom. The minimum absolute atomic E-state index is 0.434. The zero-order valence-electron chi connectivity index (χ0n) is 29.2. The molecular weight excluding hydrogens is 615 g/mol. The Bertz CT molecular complexity index is 2230. The molecule has 1 atom stereocenters. The Hall–Kier alpha value is -6.18. The first-order valence-electron chi connectivity index (χ1n) is 17.9.